The lowest BCUT2D eigenvalue weighted by atomic mass is 9.65. The van der Waals surface area contributed by atoms with Crippen LogP contribution < -0.4 is 0 Å². The fourth-order valence-corrected chi connectivity index (χ4v) is 9.60. The van der Waals surface area contributed by atoms with Gasteiger partial charge in [0.2, 0.25) is 0 Å². The minimum absolute atomic E-state index is 0.573. The molecule has 0 bridgehead atoms. The number of fused-ring (bicyclic) bond motifs is 11. The zero-order valence-electron chi connectivity index (χ0n) is 32.6. The third-order valence-electron chi connectivity index (χ3n) is 12.2. The molecule has 59 heavy (non-hydrogen) atoms. The van der Waals surface area contributed by atoms with Gasteiger partial charge in [-0.25, -0.2) is 19.9 Å². The molecule has 1 unspecified atom stereocenters. The van der Waals surface area contributed by atoms with Gasteiger partial charge in [-0.3, -0.25) is 0 Å². The number of nitrogens with zero attached hydrogens (tertiary/aromatic N) is 4. The zero-order valence-corrected chi connectivity index (χ0v) is 32.6. The Bertz CT molecular complexity index is 3080. The Balaban J connectivity index is 1.16. The Morgan fingerprint density at radius 3 is 1.95 bits per heavy atom. The van der Waals surface area contributed by atoms with Crippen LogP contribution in [0.15, 0.2) is 188 Å². The average molecular weight is 755 g/mol. The van der Waals surface area contributed by atoms with E-state index in [1.807, 2.05) is 67.0 Å². The largest absolute Gasteiger partial charge is 0.236 e. The van der Waals surface area contributed by atoms with E-state index >= 15 is 0 Å². The summed E-state index contributed by atoms with van der Waals surface area (Å²) in [6.07, 6.45) is 15.6. The number of aromatic nitrogens is 4. The molecule has 0 radical (unpaired) electrons. The highest BCUT2D eigenvalue weighted by Gasteiger charge is 2.50. The van der Waals surface area contributed by atoms with Crippen molar-refractivity contribution in [2.45, 2.75) is 18.8 Å². The van der Waals surface area contributed by atoms with Crippen molar-refractivity contribution in [3.05, 3.63) is 233 Å². The smallest absolute Gasteiger partial charge is 0.163 e. The van der Waals surface area contributed by atoms with Gasteiger partial charge in [0.05, 0.1) is 22.4 Å². The maximum absolute atomic E-state index is 5.29. The van der Waals surface area contributed by atoms with E-state index in [0.717, 1.165) is 40.1 Å². The summed E-state index contributed by atoms with van der Waals surface area (Å²) in [5, 5.41) is 0. The van der Waals surface area contributed by atoms with Gasteiger partial charge in [0, 0.05) is 29.1 Å². The normalized spacial score (nSPS) is 15.7. The summed E-state index contributed by atoms with van der Waals surface area (Å²) < 4.78 is 0. The van der Waals surface area contributed by atoms with Crippen LogP contribution in [-0.2, 0) is 11.8 Å². The second-order valence-electron chi connectivity index (χ2n) is 15.3. The standard InChI is InChI=1S/C55H38N4/c1-3-15-43-35(4-2)30-41-28-29-47-52(51(41)43)44-21-12-14-23-46(44)55(47)45-22-13-11-16-36(45)24-25-37-26-27-40(31-48(37)55)50-32-49(38-17-7-5-8-18-38)58-54(59-50)42-33-56-53(57-34-42)39-19-9-6-10-20-39/h3-29,31-34H,2,30H2,1H3/b15-3-. The Morgan fingerprint density at radius 2 is 1.20 bits per heavy atom. The van der Waals surface area contributed by atoms with E-state index in [1.54, 1.807) is 0 Å². The molecule has 8 aromatic rings. The number of allylic oxidation sites excluding steroid dienone is 5. The fraction of sp³-hybridized carbons (Fsp3) is 0.0545. The molecule has 0 saturated heterocycles. The molecule has 0 N–H and O–H groups in total. The van der Waals surface area contributed by atoms with E-state index < -0.39 is 5.41 Å². The van der Waals surface area contributed by atoms with Crippen LogP contribution in [0.5, 0.6) is 0 Å². The topological polar surface area (TPSA) is 51.6 Å². The number of hydrogen-bond donors (Lipinski definition) is 0. The lowest BCUT2D eigenvalue weighted by molar-refractivity contribution is 0.766. The Morgan fingerprint density at radius 1 is 0.542 bits per heavy atom. The maximum Gasteiger partial charge on any atom is 0.163 e. The van der Waals surface area contributed by atoms with Gasteiger partial charge in [-0.15, -0.1) is 0 Å². The van der Waals surface area contributed by atoms with Gasteiger partial charge < -0.3 is 0 Å². The first kappa shape index (κ1) is 34.7. The molecule has 4 heteroatoms. The summed E-state index contributed by atoms with van der Waals surface area (Å²) in [4.78, 5) is 19.9. The van der Waals surface area contributed by atoms with Crippen LogP contribution in [0.4, 0.5) is 0 Å². The van der Waals surface area contributed by atoms with Gasteiger partial charge in [-0.05, 0) is 92.3 Å². The average Bonchev–Trinajstić information content (AvgIpc) is 3.76. The third kappa shape index (κ3) is 5.37. The summed E-state index contributed by atoms with van der Waals surface area (Å²) >= 11 is 0. The third-order valence-corrected chi connectivity index (χ3v) is 12.2. The quantitative estimate of drug-likeness (QED) is 0.170. The molecule has 1 spiro atoms. The molecule has 1 atom stereocenters. The van der Waals surface area contributed by atoms with Crippen LogP contribution in [-0.4, -0.2) is 19.9 Å². The molecule has 3 aliphatic carbocycles. The first-order valence-electron chi connectivity index (χ1n) is 20.2. The highest BCUT2D eigenvalue weighted by molar-refractivity contribution is 6.00. The van der Waals surface area contributed by atoms with Crippen molar-refractivity contribution in [3.8, 4) is 56.4 Å². The number of rotatable bonds is 6. The molecule has 6 aromatic carbocycles. The van der Waals surface area contributed by atoms with Gasteiger partial charge in [0.15, 0.2) is 11.6 Å². The van der Waals surface area contributed by atoms with Crippen molar-refractivity contribution in [2.75, 3.05) is 0 Å². The summed E-state index contributed by atoms with van der Waals surface area (Å²) in [5.41, 5.74) is 20.0. The Hall–Kier alpha value is -7.56. The summed E-state index contributed by atoms with van der Waals surface area (Å²) in [7, 11) is 0. The van der Waals surface area contributed by atoms with E-state index in [-0.39, 0.29) is 0 Å². The summed E-state index contributed by atoms with van der Waals surface area (Å²) in [6.45, 7) is 6.34. The first-order valence-corrected chi connectivity index (χ1v) is 20.2. The number of hydrogen-bond acceptors (Lipinski definition) is 4. The second kappa shape index (κ2) is 13.8. The molecule has 3 aliphatic rings. The van der Waals surface area contributed by atoms with Gasteiger partial charge in [0.1, 0.15) is 0 Å². The molecule has 0 amide bonds. The van der Waals surface area contributed by atoms with E-state index in [4.69, 9.17) is 19.9 Å². The maximum atomic E-state index is 5.29. The molecule has 278 valence electrons. The van der Waals surface area contributed by atoms with Gasteiger partial charge >= 0.3 is 0 Å². The molecular formula is C55H38N4. The van der Waals surface area contributed by atoms with Crippen molar-refractivity contribution in [1.29, 1.82) is 0 Å². The second-order valence-corrected chi connectivity index (χ2v) is 15.3. The molecule has 0 fully saturated rings. The molecule has 0 aliphatic heterocycles. The first-order chi connectivity index (χ1) is 29.1. The van der Waals surface area contributed by atoms with E-state index in [1.165, 1.54) is 66.8 Å². The lowest BCUT2D eigenvalue weighted by Gasteiger charge is -2.35. The molecule has 4 nitrogen and oxygen atoms in total. The van der Waals surface area contributed by atoms with E-state index in [2.05, 4.69) is 135 Å². The molecule has 2 aromatic heterocycles. The van der Waals surface area contributed by atoms with Gasteiger partial charge in [-0.2, -0.15) is 0 Å². The Labute approximate surface area is 344 Å². The number of benzene rings is 6. The van der Waals surface area contributed by atoms with Crippen molar-refractivity contribution in [2.24, 2.45) is 0 Å². The van der Waals surface area contributed by atoms with Crippen molar-refractivity contribution in [1.82, 2.24) is 19.9 Å². The zero-order chi connectivity index (χ0) is 39.5. The SMILES string of the molecule is C=CC1=C(/C=C\C)c2c(ccc3c2-c2ccccc2C32c3ccccc3C=Cc3ccc(-c4cc(-c5ccccc5)nc(-c5cnc(-c6ccccc6)nc5)n4)cc32)C1. The van der Waals surface area contributed by atoms with Gasteiger partial charge in [-0.1, -0.05) is 170 Å². The van der Waals surface area contributed by atoms with Crippen LogP contribution in [0.3, 0.4) is 0 Å². The summed E-state index contributed by atoms with van der Waals surface area (Å²) in [6, 6.07) is 52.0. The highest BCUT2D eigenvalue weighted by atomic mass is 14.9. The van der Waals surface area contributed by atoms with Crippen LogP contribution in [0.25, 0.3) is 74.1 Å². The Kier molecular flexibility index (Phi) is 8.12. The summed E-state index contributed by atoms with van der Waals surface area (Å²) in [5.74, 6) is 1.24. The van der Waals surface area contributed by atoms with Crippen molar-refractivity contribution >= 4 is 17.7 Å². The molecular weight excluding hydrogens is 717 g/mol. The fourth-order valence-electron chi connectivity index (χ4n) is 9.60. The predicted molar refractivity (Wildman–Crippen MR) is 241 cm³/mol. The van der Waals surface area contributed by atoms with Crippen LogP contribution in [0, 0.1) is 0 Å². The molecule has 2 heterocycles. The highest BCUT2D eigenvalue weighted by Crippen LogP contribution is 2.61. The van der Waals surface area contributed by atoms with Crippen LogP contribution in [0.2, 0.25) is 0 Å². The molecule has 11 rings (SSSR count). The van der Waals surface area contributed by atoms with Crippen molar-refractivity contribution < 1.29 is 0 Å². The lowest BCUT2D eigenvalue weighted by Crippen LogP contribution is -2.30. The minimum Gasteiger partial charge on any atom is -0.236 e. The minimum atomic E-state index is -0.608. The van der Waals surface area contributed by atoms with Crippen LogP contribution in [0.1, 0.15) is 51.4 Å². The van der Waals surface area contributed by atoms with E-state index in [0.29, 0.717) is 11.6 Å². The van der Waals surface area contributed by atoms with Crippen molar-refractivity contribution in [3.63, 3.8) is 0 Å². The van der Waals surface area contributed by atoms with Crippen LogP contribution >= 0.6 is 0 Å². The molecule has 0 saturated carbocycles. The van der Waals surface area contributed by atoms with Gasteiger partial charge in [0.25, 0.3) is 0 Å². The van der Waals surface area contributed by atoms with E-state index in [9.17, 15) is 0 Å². The monoisotopic (exact) mass is 754 g/mol. The predicted octanol–water partition coefficient (Wildman–Crippen LogP) is 12.9.